The van der Waals surface area contributed by atoms with Gasteiger partial charge in [0.1, 0.15) is 11.9 Å². The first-order valence-electron chi connectivity index (χ1n) is 26.2. The molecule has 4 aromatic carbocycles. The lowest BCUT2D eigenvalue weighted by Gasteiger charge is -2.57. The lowest BCUT2D eigenvalue weighted by Crippen LogP contribution is -2.51. The minimum atomic E-state index is -0.0411. The van der Waals surface area contributed by atoms with Gasteiger partial charge in [0.05, 0.1) is 28.4 Å². The van der Waals surface area contributed by atoms with E-state index in [-0.39, 0.29) is 35.0 Å². The maximum Gasteiger partial charge on any atom is 0.305 e. The van der Waals surface area contributed by atoms with Crippen LogP contribution in [0.3, 0.4) is 0 Å². The first kappa shape index (κ1) is 49.1. The third kappa shape index (κ3) is 8.97. The number of ether oxygens (including phenoxy) is 7. The van der Waals surface area contributed by atoms with Gasteiger partial charge in [-0.2, -0.15) is 0 Å². The molecule has 0 amide bonds. The quantitative estimate of drug-likeness (QED) is 0.173. The predicted molar refractivity (Wildman–Crippen MR) is 275 cm³/mol. The summed E-state index contributed by atoms with van der Waals surface area (Å²) in [7, 11) is 11.1. The molecule has 12 rings (SSSR count). The van der Waals surface area contributed by atoms with Crippen LogP contribution in [-0.4, -0.2) is 83.3 Å². The van der Waals surface area contributed by atoms with Gasteiger partial charge in [-0.1, -0.05) is 44.5 Å². The molecule has 4 heterocycles. The third-order valence-corrected chi connectivity index (χ3v) is 18.3. The summed E-state index contributed by atoms with van der Waals surface area (Å²) < 4.78 is 43.0. The molecular formula is C60H74N2O9. The van der Waals surface area contributed by atoms with Crippen LogP contribution in [0, 0.1) is 28.6 Å². The summed E-state index contributed by atoms with van der Waals surface area (Å²) in [5, 5.41) is 0. The lowest BCUT2D eigenvalue weighted by atomic mass is 9.47. The Kier molecular flexibility index (Phi) is 13.7. The molecular weight excluding hydrogens is 893 g/mol. The first-order valence-corrected chi connectivity index (χ1v) is 26.2. The van der Waals surface area contributed by atoms with Crippen molar-refractivity contribution in [2.24, 2.45) is 28.6 Å². The van der Waals surface area contributed by atoms with Crippen molar-refractivity contribution in [1.29, 1.82) is 0 Å². The molecule has 11 heteroatoms. The van der Waals surface area contributed by atoms with Gasteiger partial charge >= 0.3 is 5.97 Å². The number of methoxy groups -OCH3 is 4. The van der Waals surface area contributed by atoms with Crippen LogP contribution in [-0.2, 0) is 40.0 Å². The number of ketones is 1. The van der Waals surface area contributed by atoms with Gasteiger partial charge in [0, 0.05) is 49.0 Å². The Bertz CT molecular complexity index is 2700. The Morgan fingerprint density at radius 2 is 1.38 bits per heavy atom. The number of carbonyl (C=O) groups is 2. The smallest absolute Gasteiger partial charge is 0.305 e. The van der Waals surface area contributed by atoms with Crippen molar-refractivity contribution in [2.45, 2.75) is 122 Å². The first-order chi connectivity index (χ1) is 34.3. The minimum absolute atomic E-state index is 0.000437. The summed E-state index contributed by atoms with van der Waals surface area (Å²) in [6, 6.07) is 21.2. The van der Waals surface area contributed by atoms with Crippen LogP contribution < -0.4 is 28.4 Å². The molecule has 378 valence electrons. The van der Waals surface area contributed by atoms with Gasteiger partial charge in [-0.05, 0) is 184 Å². The van der Waals surface area contributed by atoms with E-state index in [2.05, 4.69) is 80.2 Å². The topological polar surface area (TPSA) is 105 Å². The molecule has 3 fully saturated rings. The van der Waals surface area contributed by atoms with E-state index in [9.17, 15) is 9.59 Å². The number of nitrogens with zero attached hydrogens (tertiary/aromatic N) is 2. The average molecular weight is 967 g/mol. The van der Waals surface area contributed by atoms with Gasteiger partial charge in [0.2, 0.25) is 5.75 Å². The van der Waals surface area contributed by atoms with Crippen molar-refractivity contribution in [1.82, 2.24) is 9.80 Å². The van der Waals surface area contributed by atoms with E-state index in [1.165, 1.54) is 47.1 Å². The standard InChI is InChI=1S/C38H42N2O6.C22H32O3/c1-39-15-13-25-20-32(42-4)34-22-28(25)29(39)17-23-7-10-27(11-8-23)45-33-19-24(9-12-31(33)41-3)18-30-36-26(14-16-40(30)2)21-35(43-5)37(44-6)38(36)46-34;1-4-20(24)25-19-8-7-17-16-6-5-14-13-15(23)9-11-21(14,2)18(16)10-12-22(17,19)3/h7-12,19-22,29-30H,13-18H2,1-6H3;13,16-19H,4-12H2,1-3H3. The van der Waals surface area contributed by atoms with E-state index in [0.717, 1.165) is 93.7 Å². The Morgan fingerprint density at radius 3 is 2.11 bits per heavy atom. The van der Waals surface area contributed by atoms with Crippen LogP contribution in [0.5, 0.6) is 46.0 Å². The number of carbonyl (C=O) groups excluding carboxylic acids is 2. The molecule has 0 saturated heterocycles. The van der Waals surface area contributed by atoms with Crippen LogP contribution in [0.2, 0.25) is 0 Å². The monoisotopic (exact) mass is 967 g/mol. The van der Waals surface area contributed by atoms with Crippen molar-refractivity contribution >= 4 is 11.8 Å². The van der Waals surface area contributed by atoms with Gasteiger partial charge < -0.3 is 33.2 Å². The van der Waals surface area contributed by atoms with E-state index in [4.69, 9.17) is 33.2 Å². The van der Waals surface area contributed by atoms with Crippen molar-refractivity contribution in [2.75, 3.05) is 55.6 Å². The van der Waals surface area contributed by atoms with E-state index in [1.54, 1.807) is 28.4 Å². The number of hydrogen-bond acceptors (Lipinski definition) is 11. The zero-order chi connectivity index (χ0) is 49.8. The number of allylic oxidation sites excluding steroid dienone is 1. The number of likely N-dealkylation sites (N-methyl/N-ethyl adjacent to an activating group) is 2. The lowest BCUT2D eigenvalue weighted by molar-refractivity contribution is -0.159. The maximum atomic E-state index is 11.9. The van der Waals surface area contributed by atoms with Crippen LogP contribution in [0.1, 0.15) is 124 Å². The highest BCUT2D eigenvalue weighted by atomic mass is 16.6. The van der Waals surface area contributed by atoms with Crippen LogP contribution >= 0.6 is 0 Å². The summed E-state index contributed by atoms with van der Waals surface area (Å²) in [6.45, 7) is 8.55. The van der Waals surface area contributed by atoms with Crippen molar-refractivity contribution in [3.8, 4) is 46.0 Å². The fraction of sp³-hybridized carbons (Fsp3) is 0.533. The Labute approximate surface area is 421 Å². The number of fused-ring (bicyclic) bond motifs is 7. The summed E-state index contributed by atoms with van der Waals surface area (Å²) in [5.74, 6) is 7.82. The molecule has 71 heavy (non-hydrogen) atoms. The third-order valence-electron chi connectivity index (χ3n) is 18.3. The molecule has 8 atom stereocenters. The fourth-order valence-corrected chi connectivity index (χ4v) is 14.2. The molecule has 3 saturated carbocycles. The normalized spacial score (nSPS) is 28.6. The summed E-state index contributed by atoms with van der Waals surface area (Å²) >= 11 is 0. The Hall–Kier alpha value is -5.52. The molecule has 0 aromatic heterocycles. The number of esters is 1. The number of rotatable bonds is 6. The second-order valence-corrected chi connectivity index (χ2v) is 21.9. The Morgan fingerprint density at radius 1 is 0.690 bits per heavy atom. The maximum absolute atomic E-state index is 11.9. The molecule has 0 N–H and O–H groups in total. The fourth-order valence-electron chi connectivity index (χ4n) is 14.2. The molecule has 11 nitrogen and oxygen atoms in total. The van der Waals surface area contributed by atoms with Crippen molar-refractivity contribution in [3.63, 3.8) is 0 Å². The van der Waals surface area contributed by atoms with Gasteiger partial charge in [-0.15, -0.1) is 0 Å². The van der Waals surface area contributed by atoms with Crippen LogP contribution in [0.4, 0.5) is 0 Å². The predicted octanol–water partition coefficient (Wildman–Crippen LogP) is 12.0. The zero-order valence-electron chi connectivity index (χ0n) is 43.5. The largest absolute Gasteiger partial charge is 0.493 e. The Balaban J connectivity index is 0.000000196. The zero-order valence-corrected chi connectivity index (χ0v) is 43.5. The van der Waals surface area contributed by atoms with E-state index in [0.29, 0.717) is 64.3 Å². The molecule has 8 aliphatic rings. The summed E-state index contributed by atoms with van der Waals surface area (Å²) in [6.07, 6.45) is 14.6. The highest BCUT2D eigenvalue weighted by molar-refractivity contribution is 5.91. The molecule has 0 spiro atoms. The highest BCUT2D eigenvalue weighted by Gasteiger charge is 2.60. The SMILES string of the molecule is CCC(=O)OC1CCC2C3CCC4=CC(=O)CCC4(C)C3CCC12C.COc1ccc2cc1Oc1ccc(cc1)CC1c3cc(c(OC)cc3CCN1C)Oc1c(OC)c(OC)cc3c1C(C2)N(C)CC3. The summed E-state index contributed by atoms with van der Waals surface area (Å²) in [4.78, 5) is 28.6. The average Bonchev–Trinajstić information content (AvgIpc) is 3.71. The summed E-state index contributed by atoms with van der Waals surface area (Å²) in [5.41, 5.74) is 8.98. The number of hydrogen-bond donors (Lipinski definition) is 0. The highest BCUT2D eigenvalue weighted by Crippen LogP contribution is 2.66. The second kappa shape index (κ2) is 19.8. The molecule has 4 aliphatic carbocycles. The van der Waals surface area contributed by atoms with Crippen LogP contribution in [0.15, 0.2) is 72.3 Å². The molecule has 4 aliphatic heterocycles. The van der Waals surface area contributed by atoms with Gasteiger partial charge in [0.15, 0.2) is 40.3 Å². The van der Waals surface area contributed by atoms with Crippen LogP contribution in [0.25, 0.3) is 0 Å². The molecule has 4 aromatic rings. The second-order valence-electron chi connectivity index (χ2n) is 21.9. The van der Waals surface area contributed by atoms with E-state index < -0.39 is 0 Å². The van der Waals surface area contributed by atoms with Gasteiger partial charge in [-0.3, -0.25) is 19.4 Å². The van der Waals surface area contributed by atoms with Crippen molar-refractivity contribution in [3.05, 3.63) is 106 Å². The van der Waals surface area contributed by atoms with Crippen molar-refractivity contribution < 1.29 is 42.7 Å². The van der Waals surface area contributed by atoms with Gasteiger partial charge in [0.25, 0.3) is 0 Å². The van der Waals surface area contributed by atoms with Gasteiger partial charge in [-0.25, -0.2) is 0 Å². The molecule has 6 bridgehead atoms. The van der Waals surface area contributed by atoms with E-state index in [1.807, 2.05) is 31.2 Å². The molecule has 0 radical (unpaired) electrons. The number of benzene rings is 4. The molecule has 8 unspecified atom stereocenters. The minimum Gasteiger partial charge on any atom is -0.493 e. The van der Waals surface area contributed by atoms with E-state index >= 15 is 0 Å².